The van der Waals surface area contributed by atoms with Crippen LogP contribution in [0.3, 0.4) is 0 Å². The Morgan fingerprint density at radius 1 is 0.857 bits per heavy atom. The minimum atomic E-state index is 0.263. The van der Waals surface area contributed by atoms with E-state index in [0.717, 1.165) is 24.0 Å². The average molecular weight is 384 g/mol. The summed E-state index contributed by atoms with van der Waals surface area (Å²) in [6, 6.07) is 5.77. The monoisotopic (exact) mass is 383 g/mol. The van der Waals surface area contributed by atoms with Gasteiger partial charge in [-0.15, -0.1) is 0 Å². The van der Waals surface area contributed by atoms with E-state index in [1.54, 1.807) is 0 Å². The van der Waals surface area contributed by atoms with Crippen LogP contribution in [0, 0.1) is 6.42 Å². The van der Waals surface area contributed by atoms with Gasteiger partial charge in [0.1, 0.15) is 0 Å². The molecular formula is C26H39O2. The molecular weight excluding hydrogens is 344 g/mol. The van der Waals surface area contributed by atoms with Crippen molar-refractivity contribution in [1.29, 1.82) is 0 Å². The van der Waals surface area contributed by atoms with Gasteiger partial charge in [-0.3, -0.25) is 0 Å². The van der Waals surface area contributed by atoms with Gasteiger partial charge in [-0.05, 0) is 30.9 Å². The van der Waals surface area contributed by atoms with E-state index in [4.69, 9.17) is 4.74 Å². The second-order valence-corrected chi connectivity index (χ2v) is 7.88. The molecule has 0 saturated carbocycles. The molecule has 0 fully saturated rings. The standard InChI is InChI=1S/C26H39O2/c1-2-3-4-5-6-7-8-9-10-11-12-16-22-28-25-21-17-20-24(26(25)27)23-18-14-13-15-19-23/h13-14,17-21,27H,2-12,15-16,22H2,1H3. The van der Waals surface area contributed by atoms with Crippen LogP contribution in [0.25, 0.3) is 5.57 Å². The molecule has 1 N–H and O–H groups in total. The molecule has 1 aliphatic rings. The zero-order valence-corrected chi connectivity index (χ0v) is 17.8. The average Bonchev–Trinajstić information content (AvgIpc) is 2.73. The molecule has 0 heterocycles. The Balaban J connectivity index is 1.53. The summed E-state index contributed by atoms with van der Waals surface area (Å²) in [6.07, 6.45) is 25.3. The van der Waals surface area contributed by atoms with Gasteiger partial charge < -0.3 is 9.84 Å². The third-order valence-corrected chi connectivity index (χ3v) is 5.45. The molecule has 0 amide bonds. The molecule has 0 atom stereocenters. The lowest BCUT2D eigenvalue weighted by atomic mass is 9.96. The predicted molar refractivity (Wildman–Crippen MR) is 121 cm³/mol. The molecule has 0 spiro atoms. The number of para-hydroxylation sites is 1. The number of benzene rings is 1. The summed E-state index contributed by atoms with van der Waals surface area (Å²) in [7, 11) is 0. The highest BCUT2D eigenvalue weighted by molar-refractivity contribution is 5.79. The highest BCUT2D eigenvalue weighted by Crippen LogP contribution is 2.36. The number of aromatic hydroxyl groups is 1. The first-order valence-electron chi connectivity index (χ1n) is 11.5. The van der Waals surface area contributed by atoms with Crippen molar-refractivity contribution in [3.05, 3.63) is 48.4 Å². The lowest BCUT2D eigenvalue weighted by Gasteiger charge is -2.14. The topological polar surface area (TPSA) is 29.5 Å². The summed E-state index contributed by atoms with van der Waals surface area (Å²) in [5.41, 5.74) is 1.92. The molecule has 0 saturated heterocycles. The van der Waals surface area contributed by atoms with Crippen molar-refractivity contribution in [2.45, 2.75) is 90.4 Å². The molecule has 1 radical (unpaired) electrons. The number of phenolic OH excluding ortho intramolecular Hbond substituents is 1. The molecule has 1 aromatic carbocycles. The van der Waals surface area contributed by atoms with Crippen LogP contribution in [0.2, 0.25) is 0 Å². The molecule has 2 heteroatoms. The number of allylic oxidation sites excluding steroid dienone is 4. The van der Waals surface area contributed by atoms with E-state index in [1.807, 2.05) is 30.4 Å². The third-order valence-electron chi connectivity index (χ3n) is 5.45. The van der Waals surface area contributed by atoms with Gasteiger partial charge in [0.2, 0.25) is 0 Å². The first-order valence-corrected chi connectivity index (χ1v) is 11.5. The normalized spacial score (nSPS) is 13.5. The van der Waals surface area contributed by atoms with E-state index in [-0.39, 0.29) is 5.75 Å². The Kier molecular flexibility index (Phi) is 11.6. The number of hydrogen-bond acceptors (Lipinski definition) is 2. The molecule has 2 nitrogen and oxygen atoms in total. The van der Waals surface area contributed by atoms with Gasteiger partial charge in [-0.2, -0.15) is 0 Å². The van der Waals surface area contributed by atoms with Crippen molar-refractivity contribution in [3.63, 3.8) is 0 Å². The van der Waals surface area contributed by atoms with Gasteiger partial charge in [-0.25, -0.2) is 0 Å². The van der Waals surface area contributed by atoms with Crippen LogP contribution in [-0.2, 0) is 0 Å². The number of phenols is 1. The molecule has 28 heavy (non-hydrogen) atoms. The Bertz CT molecular complexity index is 600. The van der Waals surface area contributed by atoms with Gasteiger partial charge in [0, 0.05) is 5.56 Å². The van der Waals surface area contributed by atoms with Crippen molar-refractivity contribution in [2.24, 2.45) is 0 Å². The first-order chi connectivity index (χ1) is 13.8. The van der Waals surface area contributed by atoms with Gasteiger partial charge in [0.15, 0.2) is 11.5 Å². The minimum Gasteiger partial charge on any atom is -0.504 e. The molecule has 1 aromatic rings. The zero-order chi connectivity index (χ0) is 19.9. The minimum absolute atomic E-state index is 0.263. The van der Waals surface area contributed by atoms with Crippen molar-refractivity contribution in [1.82, 2.24) is 0 Å². The summed E-state index contributed by atoms with van der Waals surface area (Å²) < 4.78 is 5.85. The Hall–Kier alpha value is -1.70. The zero-order valence-electron chi connectivity index (χ0n) is 17.8. The van der Waals surface area contributed by atoms with Gasteiger partial charge in [0.05, 0.1) is 6.61 Å². The number of hydrogen-bond donors (Lipinski definition) is 1. The first kappa shape index (κ1) is 22.6. The van der Waals surface area contributed by atoms with E-state index in [9.17, 15) is 5.11 Å². The summed E-state index contributed by atoms with van der Waals surface area (Å²) in [6.45, 7) is 2.95. The number of unbranched alkanes of at least 4 members (excludes halogenated alkanes) is 11. The van der Waals surface area contributed by atoms with Crippen LogP contribution in [-0.4, -0.2) is 11.7 Å². The molecule has 0 unspecified atom stereocenters. The van der Waals surface area contributed by atoms with Gasteiger partial charge in [-0.1, -0.05) is 108 Å². The van der Waals surface area contributed by atoms with Crippen molar-refractivity contribution >= 4 is 5.57 Å². The molecule has 1 aliphatic carbocycles. The number of rotatable bonds is 15. The largest absolute Gasteiger partial charge is 0.504 e. The summed E-state index contributed by atoms with van der Waals surface area (Å²) in [5.74, 6) is 0.865. The van der Waals surface area contributed by atoms with Crippen LogP contribution in [0.5, 0.6) is 11.5 Å². The maximum atomic E-state index is 10.5. The third kappa shape index (κ3) is 8.54. The molecule has 0 aromatic heterocycles. The Labute approximate surface area is 172 Å². The maximum Gasteiger partial charge on any atom is 0.165 e. The van der Waals surface area contributed by atoms with Crippen LogP contribution >= 0.6 is 0 Å². The second kappa shape index (κ2) is 14.3. The fourth-order valence-corrected chi connectivity index (χ4v) is 3.71. The SMILES string of the molecule is CCCCCCCCCCCCCCOc1cccc(C2=CC=CC[CH]2)c1O. The van der Waals surface area contributed by atoms with E-state index in [2.05, 4.69) is 19.4 Å². The maximum absolute atomic E-state index is 10.5. The fraction of sp³-hybridized carbons (Fsp3) is 0.577. The number of ether oxygens (including phenoxy) is 1. The molecule has 155 valence electrons. The van der Waals surface area contributed by atoms with Crippen molar-refractivity contribution < 1.29 is 9.84 Å². The fourth-order valence-electron chi connectivity index (χ4n) is 3.71. The second-order valence-electron chi connectivity index (χ2n) is 7.88. The molecule has 0 aliphatic heterocycles. The van der Waals surface area contributed by atoms with Crippen LogP contribution in [0.4, 0.5) is 0 Å². The van der Waals surface area contributed by atoms with E-state index in [1.165, 1.54) is 70.6 Å². The predicted octanol–water partition coefficient (Wildman–Crippen LogP) is 8.02. The summed E-state index contributed by atoms with van der Waals surface area (Å²) in [4.78, 5) is 0. The Morgan fingerprint density at radius 3 is 2.11 bits per heavy atom. The molecule has 0 bridgehead atoms. The van der Waals surface area contributed by atoms with Gasteiger partial charge in [0.25, 0.3) is 0 Å². The summed E-state index contributed by atoms with van der Waals surface area (Å²) in [5, 5.41) is 10.5. The lowest BCUT2D eigenvalue weighted by Crippen LogP contribution is -1.99. The highest BCUT2D eigenvalue weighted by atomic mass is 16.5. The smallest absolute Gasteiger partial charge is 0.165 e. The van der Waals surface area contributed by atoms with Crippen molar-refractivity contribution in [2.75, 3.05) is 6.61 Å². The van der Waals surface area contributed by atoms with E-state index < -0.39 is 0 Å². The lowest BCUT2D eigenvalue weighted by molar-refractivity contribution is 0.288. The highest BCUT2D eigenvalue weighted by Gasteiger charge is 2.12. The Morgan fingerprint density at radius 2 is 1.50 bits per heavy atom. The molecule has 2 rings (SSSR count). The quantitative estimate of drug-likeness (QED) is 0.311. The van der Waals surface area contributed by atoms with Gasteiger partial charge >= 0.3 is 0 Å². The van der Waals surface area contributed by atoms with E-state index in [0.29, 0.717) is 12.4 Å². The summed E-state index contributed by atoms with van der Waals surface area (Å²) >= 11 is 0. The van der Waals surface area contributed by atoms with Crippen molar-refractivity contribution in [3.8, 4) is 11.5 Å². The van der Waals surface area contributed by atoms with Crippen LogP contribution < -0.4 is 4.74 Å². The van der Waals surface area contributed by atoms with Crippen LogP contribution in [0.1, 0.15) is 96.0 Å². The van der Waals surface area contributed by atoms with E-state index >= 15 is 0 Å². The van der Waals surface area contributed by atoms with Crippen LogP contribution in [0.15, 0.2) is 36.4 Å².